The van der Waals surface area contributed by atoms with E-state index in [1.165, 1.54) is 12.4 Å². The molecule has 2 heterocycles. The third-order valence-electron chi connectivity index (χ3n) is 2.45. The van der Waals surface area contributed by atoms with Crippen LogP contribution in [0.2, 0.25) is 0 Å². The fourth-order valence-electron chi connectivity index (χ4n) is 1.59. The third-order valence-corrected chi connectivity index (χ3v) is 2.45. The maximum Gasteiger partial charge on any atom is 0.159 e. The molecule has 0 amide bonds. The van der Waals surface area contributed by atoms with Crippen molar-refractivity contribution >= 4 is 0 Å². The van der Waals surface area contributed by atoms with Crippen molar-refractivity contribution in [1.82, 2.24) is 20.2 Å². The van der Waals surface area contributed by atoms with E-state index < -0.39 is 0 Å². The zero-order chi connectivity index (χ0) is 9.97. The molecule has 1 saturated heterocycles. The predicted octanol–water partition coefficient (Wildman–Crippen LogP) is 0.192. The SMILES string of the molecule is CN1CCNCC1c1ncc(F)cn1. The molecular formula is C9H13FN4. The normalized spacial score (nSPS) is 23.7. The maximum atomic E-state index is 12.6. The van der Waals surface area contributed by atoms with Gasteiger partial charge in [0.15, 0.2) is 5.82 Å². The number of rotatable bonds is 1. The van der Waals surface area contributed by atoms with Gasteiger partial charge < -0.3 is 5.32 Å². The van der Waals surface area contributed by atoms with Crippen molar-refractivity contribution in [2.75, 3.05) is 26.7 Å². The summed E-state index contributed by atoms with van der Waals surface area (Å²) in [6.45, 7) is 2.77. The topological polar surface area (TPSA) is 41.0 Å². The smallest absolute Gasteiger partial charge is 0.159 e. The van der Waals surface area contributed by atoms with Crippen LogP contribution in [-0.2, 0) is 0 Å². The van der Waals surface area contributed by atoms with Crippen molar-refractivity contribution in [2.45, 2.75) is 6.04 Å². The van der Waals surface area contributed by atoms with Crippen LogP contribution in [0.15, 0.2) is 12.4 Å². The summed E-state index contributed by atoms with van der Waals surface area (Å²) in [6.07, 6.45) is 2.43. The van der Waals surface area contributed by atoms with Gasteiger partial charge >= 0.3 is 0 Å². The standard InChI is InChI=1S/C9H13FN4/c1-14-3-2-11-6-8(14)9-12-4-7(10)5-13-9/h4-5,8,11H,2-3,6H2,1H3. The number of nitrogens with one attached hydrogen (secondary N) is 1. The number of halogens is 1. The van der Waals surface area contributed by atoms with Gasteiger partial charge in [-0.2, -0.15) is 0 Å². The lowest BCUT2D eigenvalue weighted by Gasteiger charge is -2.31. The molecule has 5 heteroatoms. The zero-order valence-electron chi connectivity index (χ0n) is 8.07. The monoisotopic (exact) mass is 196 g/mol. The minimum Gasteiger partial charge on any atom is -0.313 e. The Morgan fingerprint density at radius 1 is 1.50 bits per heavy atom. The number of piperazine rings is 1. The van der Waals surface area contributed by atoms with Gasteiger partial charge in [0, 0.05) is 19.6 Å². The van der Waals surface area contributed by atoms with E-state index in [0.717, 1.165) is 19.6 Å². The number of hydrogen-bond donors (Lipinski definition) is 1. The second-order valence-corrected chi connectivity index (χ2v) is 3.46. The highest BCUT2D eigenvalue weighted by molar-refractivity contribution is 4.99. The molecule has 0 bridgehead atoms. The lowest BCUT2D eigenvalue weighted by Crippen LogP contribution is -2.44. The van der Waals surface area contributed by atoms with Crippen LogP contribution < -0.4 is 5.32 Å². The second-order valence-electron chi connectivity index (χ2n) is 3.46. The summed E-state index contributed by atoms with van der Waals surface area (Å²) in [5, 5.41) is 3.26. The lowest BCUT2D eigenvalue weighted by atomic mass is 10.2. The summed E-state index contributed by atoms with van der Waals surface area (Å²) in [5.74, 6) is 0.293. The maximum absolute atomic E-state index is 12.6. The van der Waals surface area contributed by atoms with Crippen LogP contribution in [0, 0.1) is 5.82 Å². The van der Waals surface area contributed by atoms with Crippen molar-refractivity contribution in [3.63, 3.8) is 0 Å². The lowest BCUT2D eigenvalue weighted by molar-refractivity contribution is 0.194. The average molecular weight is 196 g/mol. The highest BCUT2D eigenvalue weighted by Crippen LogP contribution is 2.15. The van der Waals surface area contributed by atoms with Gasteiger partial charge in [-0.1, -0.05) is 0 Å². The molecule has 1 aromatic heterocycles. The van der Waals surface area contributed by atoms with Crippen LogP contribution in [0.4, 0.5) is 4.39 Å². The van der Waals surface area contributed by atoms with Gasteiger partial charge in [0.1, 0.15) is 5.82 Å². The Balaban J connectivity index is 2.16. The molecule has 0 spiro atoms. The summed E-state index contributed by atoms with van der Waals surface area (Å²) < 4.78 is 12.6. The largest absolute Gasteiger partial charge is 0.313 e. The summed E-state index contributed by atoms with van der Waals surface area (Å²) in [4.78, 5) is 10.1. The second kappa shape index (κ2) is 3.98. The first-order valence-corrected chi connectivity index (χ1v) is 4.66. The molecule has 14 heavy (non-hydrogen) atoms. The molecule has 0 radical (unpaired) electrons. The zero-order valence-corrected chi connectivity index (χ0v) is 8.07. The predicted molar refractivity (Wildman–Crippen MR) is 50.2 cm³/mol. The van der Waals surface area contributed by atoms with Crippen LogP contribution in [0.5, 0.6) is 0 Å². The molecule has 1 aliphatic heterocycles. The first-order chi connectivity index (χ1) is 6.77. The quantitative estimate of drug-likeness (QED) is 0.696. The van der Waals surface area contributed by atoms with E-state index >= 15 is 0 Å². The average Bonchev–Trinajstić information content (AvgIpc) is 2.20. The Bertz CT molecular complexity index is 300. The Kier molecular flexibility index (Phi) is 2.69. The minimum absolute atomic E-state index is 0.157. The summed E-state index contributed by atoms with van der Waals surface area (Å²) in [7, 11) is 2.03. The van der Waals surface area contributed by atoms with Crippen LogP contribution in [0.1, 0.15) is 11.9 Å². The van der Waals surface area contributed by atoms with E-state index in [2.05, 4.69) is 20.2 Å². The van der Waals surface area contributed by atoms with Crippen LogP contribution >= 0.6 is 0 Å². The van der Waals surface area contributed by atoms with E-state index in [9.17, 15) is 4.39 Å². The van der Waals surface area contributed by atoms with Gasteiger partial charge in [-0.05, 0) is 7.05 Å². The van der Waals surface area contributed by atoms with Crippen LogP contribution in [0.25, 0.3) is 0 Å². The van der Waals surface area contributed by atoms with E-state index in [0.29, 0.717) is 5.82 Å². The third kappa shape index (κ3) is 1.88. The van der Waals surface area contributed by atoms with Crippen LogP contribution in [0.3, 0.4) is 0 Å². The molecular weight excluding hydrogens is 183 g/mol. The molecule has 1 aliphatic rings. The Hall–Kier alpha value is -1.07. The molecule has 1 fully saturated rings. The van der Waals surface area contributed by atoms with Gasteiger partial charge in [-0.25, -0.2) is 14.4 Å². The van der Waals surface area contributed by atoms with Gasteiger partial charge in [0.2, 0.25) is 0 Å². The van der Waals surface area contributed by atoms with E-state index in [1.54, 1.807) is 0 Å². The minimum atomic E-state index is -0.389. The van der Waals surface area contributed by atoms with E-state index in [4.69, 9.17) is 0 Å². The molecule has 0 saturated carbocycles. The molecule has 76 valence electrons. The van der Waals surface area contributed by atoms with Crippen molar-refractivity contribution in [3.05, 3.63) is 24.0 Å². The molecule has 1 atom stereocenters. The number of nitrogens with zero attached hydrogens (tertiary/aromatic N) is 3. The number of likely N-dealkylation sites (N-methyl/N-ethyl adjacent to an activating group) is 1. The highest BCUT2D eigenvalue weighted by atomic mass is 19.1. The summed E-state index contributed by atoms with van der Waals surface area (Å²) >= 11 is 0. The molecule has 0 aromatic carbocycles. The number of hydrogen-bond acceptors (Lipinski definition) is 4. The van der Waals surface area contributed by atoms with Crippen molar-refractivity contribution in [1.29, 1.82) is 0 Å². The fourth-order valence-corrected chi connectivity index (χ4v) is 1.59. The van der Waals surface area contributed by atoms with Gasteiger partial charge in [-0.3, -0.25) is 4.90 Å². The molecule has 1 N–H and O–H groups in total. The first-order valence-electron chi connectivity index (χ1n) is 4.66. The van der Waals surface area contributed by atoms with Crippen molar-refractivity contribution in [3.8, 4) is 0 Å². The van der Waals surface area contributed by atoms with Crippen molar-refractivity contribution in [2.24, 2.45) is 0 Å². The summed E-state index contributed by atoms with van der Waals surface area (Å²) in [6, 6.07) is 0.157. The Labute approximate surface area is 82.2 Å². The molecule has 2 rings (SSSR count). The Morgan fingerprint density at radius 3 is 2.86 bits per heavy atom. The van der Waals surface area contributed by atoms with Gasteiger partial charge in [-0.15, -0.1) is 0 Å². The Morgan fingerprint density at radius 2 is 2.21 bits per heavy atom. The number of aromatic nitrogens is 2. The summed E-state index contributed by atoms with van der Waals surface area (Å²) in [5.41, 5.74) is 0. The van der Waals surface area contributed by atoms with E-state index in [-0.39, 0.29) is 11.9 Å². The van der Waals surface area contributed by atoms with Gasteiger partial charge in [0.05, 0.1) is 18.4 Å². The molecule has 1 aromatic rings. The first kappa shape index (κ1) is 9.48. The van der Waals surface area contributed by atoms with Gasteiger partial charge in [0.25, 0.3) is 0 Å². The van der Waals surface area contributed by atoms with E-state index in [1.807, 2.05) is 7.05 Å². The molecule has 1 unspecified atom stereocenters. The van der Waals surface area contributed by atoms with Crippen molar-refractivity contribution < 1.29 is 4.39 Å². The fraction of sp³-hybridized carbons (Fsp3) is 0.556. The highest BCUT2D eigenvalue weighted by Gasteiger charge is 2.22. The van der Waals surface area contributed by atoms with Crippen LogP contribution in [-0.4, -0.2) is 41.5 Å². The molecule has 0 aliphatic carbocycles. The molecule has 4 nitrogen and oxygen atoms in total.